The molecule has 4 aromatic rings. The lowest BCUT2D eigenvalue weighted by molar-refractivity contribution is 0.0696. The van der Waals surface area contributed by atoms with Crippen LogP contribution in [0, 0.1) is 0 Å². The molecule has 0 aliphatic heterocycles. The molecule has 0 unspecified atom stereocenters. The van der Waals surface area contributed by atoms with Gasteiger partial charge in [-0.15, -0.1) is 0 Å². The first kappa shape index (κ1) is 17.1. The van der Waals surface area contributed by atoms with Gasteiger partial charge in [0.2, 0.25) is 0 Å². The van der Waals surface area contributed by atoms with Crippen LogP contribution in [0.4, 0.5) is 0 Å². The van der Waals surface area contributed by atoms with Crippen LogP contribution in [0.3, 0.4) is 0 Å². The number of hydrogen-bond donors (Lipinski definition) is 1. The highest BCUT2D eigenvalue weighted by molar-refractivity contribution is 6.31. The zero-order valence-corrected chi connectivity index (χ0v) is 14.8. The molecule has 0 saturated heterocycles. The molecule has 0 radical (unpaired) electrons. The number of benzene rings is 2. The number of carbonyl (C=O) groups is 1. The first-order valence-corrected chi connectivity index (χ1v) is 8.56. The SMILES string of the molecule is O=C(O)c1cccc(Cn2c(=O)n(-c3cccnc3)c3cc(Cl)ccc32)c1. The van der Waals surface area contributed by atoms with Crippen molar-refractivity contribution in [2.24, 2.45) is 0 Å². The molecule has 0 fully saturated rings. The number of fused-ring (bicyclic) bond motifs is 1. The molecule has 134 valence electrons. The van der Waals surface area contributed by atoms with E-state index in [-0.39, 0.29) is 17.8 Å². The average molecular weight is 380 g/mol. The van der Waals surface area contributed by atoms with Crippen molar-refractivity contribution < 1.29 is 9.90 Å². The summed E-state index contributed by atoms with van der Waals surface area (Å²) in [5.41, 5.74) is 2.65. The van der Waals surface area contributed by atoms with Gasteiger partial charge >= 0.3 is 11.7 Å². The van der Waals surface area contributed by atoms with Crippen molar-refractivity contribution in [3.8, 4) is 5.69 Å². The standard InChI is InChI=1S/C20H14ClN3O3/c21-15-6-7-17-18(10-15)24(16-5-2-8-22-11-16)20(27)23(17)12-13-3-1-4-14(9-13)19(25)26/h1-11H,12H2,(H,25,26). The van der Waals surface area contributed by atoms with Crippen LogP contribution in [-0.2, 0) is 6.54 Å². The fraction of sp³-hybridized carbons (Fsp3) is 0.0500. The van der Waals surface area contributed by atoms with E-state index in [2.05, 4.69) is 4.98 Å². The molecule has 0 amide bonds. The third kappa shape index (κ3) is 3.11. The van der Waals surface area contributed by atoms with Crippen LogP contribution in [0.15, 0.2) is 71.8 Å². The summed E-state index contributed by atoms with van der Waals surface area (Å²) < 4.78 is 3.15. The van der Waals surface area contributed by atoms with E-state index in [0.29, 0.717) is 21.7 Å². The summed E-state index contributed by atoms with van der Waals surface area (Å²) in [7, 11) is 0. The van der Waals surface area contributed by atoms with Gasteiger partial charge in [-0.25, -0.2) is 9.59 Å². The van der Waals surface area contributed by atoms with E-state index in [1.54, 1.807) is 70.1 Å². The van der Waals surface area contributed by atoms with Crippen LogP contribution >= 0.6 is 11.6 Å². The third-order valence-electron chi connectivity index (χ3n) is 4.31. The normalized spacial score (nSPS) is 11.0. The van der Waals surface area contributed by atoms with E-state index in [1.165, 1.54) is 6.07 Å². The van der Waals surface area contributed by atoms with Gasteiger partial charge in [0.15, 0.2) is 0 Å². The van der Waals surface area contributed by atoms with Crippen molar-refractivity contribution >= 4 is 28.6 Å². The lowest BCUT2D eigenvalue weighted by Gasteiger charge is -2.05. The summed E-state index contributed by atoms with van der Waals surface area (Å²) in [6.07, 6.45) is 3.25. The summed E-state index contributed by atoms with van der Waals surface area (Å²) >= 11 is 6.15. The van der Waals surface area contributed by atoms with Crippen LogP contribution in [0.2, 0.25) is 5.02 Å². The van der Waals surface area contributed by atoms with Crippen molar-refractivity contribution in [2.75, 3.05) is 0 Å². The second-order valence-electron chi connectivity index (χ2n) is 6.05. The smallest absolute Gasteiger partial charge is 0.335 e. The molecular formula is C20H14ClN3O3. The minimum Gasteiger partial charge on any atom is -0.478 e. The van der Waals surface area contributed by atoms with Crippen LogP contribution in [0.5, 0.6) is 0 Å². The van der Waals surface area contributed by atoms with E-state index in [9.17, 15) is 14.7 Å². The van der Waals surface area contributed by atoms with Gasteiger partial charge in [-0.3, -0.25) is 14.1 Å². The fourth-order valence-electron chi connectivity index (χ4n) is 3.10. The molecule has 0 aliphatic carbocycles. The summed E-state index contributed by atoms with van der Waals surface area (Å²) in [5, 5.41) is 9.71. The van der Waals surface area contributed by atoms with Crippen LogP contribution in [0.25, 0.3) is 16.7 Å². The van der Waals surface area contributed by atoms with E-state index in [4.69, 9.17) is 11.6 Å². The van der Waals surface area contributed by atoms with Crippen LogP contribution in [-0.4, -0.2) is 25.2 Å². The molecule has 2 heterocycles. The molecule has 0 spiro atoms. The van der Waals surface area contributed by atoms with E-state index in [0.717, 1.165) is 5.56 Å². The van der Waals surface area contributed by atoms with Crippen molar-refractivity contribution in [3.63, 3.8) is 0 Å². The molecule has 0 atom stereocenters. The highest BCUT2D eigenvalue weighted by Crippen LogP contribution is 2.22. The molecule has 6 nitrogen and oxygen atoms in total. The van der Waals surface area contributed by atoms with Gasteiger partial charge in [-0.05, 0) is 48.0 Å². The molecule has 0 aliphatic rings. The Hall–Kier alpha value is -3.38. The number of halogens is 1. The Morgan fingerprint density at radius 2 is 1.93 bits per heavy atom. The molecule has 4 rings (SSSR count). The number of carboxylic acids is 1. The topological polar surface area (TPSA) is 77.1 Å². The highest BCUT2D eigenvalue weighted by Gasteiger charge is 2.16. The third-order valence-corrected chi connectivity index (χ3v) is 4.55. The highest BCUT2D eigenvalue weighted by atomic mass is 35.5. The summed E-state index contributed by atoms with van der Waals surface area (Å²) in [5.74, 6) is -1.01. The molecular weight excluding hydrogens is 366 g/mol. The Bertz CT molecular complexity index is 1210. The largest absolute Gasteiger partial charge is 0.478 e. The number of hydrogen-bond acceptors (Lipinski definition) is 3. The quantitative estimate of drug-likeness (QED) is 0.588. The predicted octanol–water partition coefficient (Wildman–Crippen LogP) is 3.59. The Kier molecular flexibility index (Phi) is 4.25. The Morgan fingerprint density at radius 1 is 1.07 bits per heavy atom. The fourth-order valence-corrected chi connectivity index (χ4v) is 3.27. The van der Waals surface area contributed by atoms with Crippen molar-refractivity contribution in [2.45, 2.75) is 6.54 Å². The van der Waals surface area contributed by atoms with Gasteiger partial charge in [0, 0.05) is 11.2 Å². The average Bonchev–Trinajstić information content (AvgIpc) is 2.93. The maximum absolute atomic E-state index is 13.2. The lowest BCUT2D eigenvalue weighted by Crippen LogP contribution is -2.23. The molecule has 2 aromatic heterocycles. The van der Waals surface area contributed by atoms with Gasteiger partial charge in [0.25, 0.3) is 0 Å². The van der Waals surface area contributed by atoms with Crippen LogP contribution in [0.1, 0.15) is 15.9 Å². The Balaban J connectivity index is 1.92. The van der Waals surface area contributed by atoms with E-state index >= 15 is 0 Å². The van der Waals surface area contributed by atoms with Gasteiger partial charge < -0.3 is 5.11 Å². The Morgan fingerprint density at radius 3 is 2.67 bits per heavy atom. The number of aromatic carboxylic acids is 1. The second kappa shape index (κ2) is 6.74. The first-order chi connectivity index (χ1) is 13.0. The molecule has 7 heteroatoms. The monoisotopic (exact) mass is 379 g/mol. The predicted molar refractivity (Wildman–Crippen MR) is 103 cm³/mol. The molecule has 1 N–H and O–H groups in total. The number of aromatic nitrogens is 3. The maximum atomic E-state index is 13.2. The molecule has 27 heavy (non-hydrogen) atoms. The summed E-state index contributed by atoms with van der Waals surface area (Å²) in [6.45, 7) is 0.241. The van der Waals surface area contributed by atoms with Gasteiger partial charge in [0.05, 0.1) is 35.0 Å². The maximum Gasteiger partial charge on any atom is 0.335 e. The van der Waals surface area contributed by atoms with Crippen molar-refractivity contribution in [1.82, 2.24) is 14.1 Å². The molecule has 0 bridgehead atoms. The number of rotatable bonds is 4. The summed E-state index contributed by atoms with van der Waals surface area (Å²) in [6, 6.07) is 15.3. The number of imidazole rings is 1. The van der Waals surface area contributed by atoms with Gasteiger partial charge in [-0.2, -0.15) is 0 Å². The summed E-state index contributed by atoms with van der Waals surface area (Å²) in [4.78, 5) is 28.5. The van der Waals surface area contributed by atoms with E-state index in [1.807, 2.05) is 0 Å². The number of pyridine rings is 1. The van der Waals surface area contributed by atoms with Crippen molar-refractivity contribution in [3.05, 3.63) is 93.6 Å². The lowest BCUT2D eigenvalue weighted by atomic mass is 10.1. The first-order valence-electron chi connectivity index (χ1n) is 8.18. The zero-order valence-electron chi connectivity index (χ0n) is 14.0. The number of carboxylic acid groups (broad SMARTS) is 1. The van der Waals surface area contributed by atoms with Crippen molar-refractivity contribution in [1.29, 1.82) is 0 Å². The molecule has 2 aromatic carbocycles. The number of nitrogens with zero attached hydrogens (tertiary/aromatic N) is 3. The Labute approximate surface area is 158 Å². The molecule has 0 saturated carbocycles. The van der Waals surface area contributed by atoms with Gasteiger partial charge in [-0.1, -0.05) is 23.7 Å². The van der Waals surface area contributed by atoms with Gasteiger partial charge in [0.1, 0.15) is 0 Å². The van der Waals surface area contributed by atoms with Crippen LogP contribution < -0.4 is 5.69 Å². The second-order valence-corrected chi connectivity index (χ2v) is 6.49. The minimum absolute atomic E-state index is 0.180. The zero-order chi connectivity index (χ0) is 19.0. The minimum atomic E-state index is -1.01. The van der Waals surface area contributed by atoms with E-state index < -0.39 is 5.97 Å².